The van der Waals surface area contributed by atoms with Crippen molar-refractivity contribution in [3.63, 3.8) is 0 Å². The molecule has 4 heteroatoms. The molecule has 0 bridgehead atoms. The van der Waals surface area contributed by atoms with E-state index < -0.39 is 18.1 Å². The van der Waals surface area contributed by atoms with Crippen molar-refractivity contribution >= 4 is 23.0 Å². The van der Waals surface area contributed by atoms with Gasteiger partial charge in [-0.25, -0.2) is 0 Å². The van der Waals surface area contributed by atoms with E-state index in [0.717, 1.165) is 0 Å². The van der Waals surface area contributed by atoms with E-state index in [1.54, 1.807) is 18.2 Å². The number of carbonyl (C=O) groups is 1. The number of nitrogens with one attached hydrogen (secondary N) is 1. The summed E-state index contributed by atoms with van der Waals surface area (Å²) < 4.78 is 39.5. The first-order chi connectivity index (χ1) is 11.3. The average Bonchev–Trinajstić information content (AvgIpc) is 2.70. The van der Waals surface area contributed by atoms with Crippen molar-refractivity contribution in [1.82, 2.24) is 0 Å². The van der Waals surface area contributed by atoms with Gasteiger partial charge in [0.15, 0.2) is 0 Å². The van der Waals surface area contributed by atoms with Gasteiger partial charge in [-0.3, -0.25) is 9.79 Å². The van der Waals surface area contributed by atoms with Crippen LogP contribution in [0, 0.1) is 0 Å². The standard InChI is InChI=1S/C15H13N3O/c16-11-6-7-13-12(8-11)15(17-9-14(19)18-13)10-4-2-1-3-5-10/h1-8H,9,16H2,(H,18,19)/i1D,2D,3D,4D,5D. The SMILES string of the molecule is [2H]c1c([2H])c([2H])c(C2=NCC(=O)Nc3ccc(N)cc32)c([2H])c1[2H]. The number of nitrogens with zero attached hydrogens (tertiary/aromatic N) is 1. The van der Waals surface area contributed by atoms with E-state index in [1.807, 2.05) is 0 Å². The van der Waals surface area contributed by atoms with Gasteiger partial charge in [0.05, 0.1) is 18.3 Å². The molecule has 1 aliphatic rings. The third-order valence-corrected chi connectivity index (χ3v) is 2.69. The van der Waals surface area contributed by atoms with Crippen molar-refractivity contribution < 1.29 is 11.6 Å². The Bertz CT molecular complexity index is 881. The van der Waals surface area contributed by atoms with Crippen molar-refractivity contribution in [3.05, 3.63) is 59.5 Å². The molecule has 19 heavy (non-hydrogen) atoms. The van der Waals surface area contributed by atoms with Gasteiger partial charge in [-0.1, -0.05) is 30.2 Å². The molecule has 3 rings (SSSR count). The summed E-state index contributed by atoms with van der Waals surface area (Å²) in [5.74, 6) is -0.358. The minimum absolute atomic E-state index is 0.0515. The number of nitrogen functional groups attached to an aromatic ring is 1. The zero-order valence-corrected chi connectivity index (χ0v) is 9.87. The van der Waals surface area contributed by atoms with E-state index in [4.69, 9.17) is 12.6 Å². The number of nitrogens with two attached hydrogens (primary N) is 1. The van der Waals surface area contributed by atoms with Crippen LogP contribution in [0.5, 0.6) is 0 Å². The third kappa shape index (κ3) is 2.20. The molecule has 0 radical (unpaired) electrons. The second-order valence-corrected chi connectivity index (χ2v) is 4.02. The summed E-state index contributed by atoms with van der Waals surface area (Å²) in [5.41, 5.74) is 7.15. The first-order valence-electron chi connectivity index (χ1n) is 8.12. The molecule has 94 valence electrons. The van der Waals surface area contributed by atoms with E-state index >= 15 is 0 Å². The Morgan fingerprint density at radius 2 is 2.05 bits per heavy atom. The molecule has 0 saturated heterocycles. The Hall–Kier alpha value is -2.62. The second kappa shape index (κ2) is 4.57. The lowest BCUT2D eigenvalue weighted by Crippen LogP contribution is -2.13. The number of aliphatic imine (C=N–C) groups is 1. The van der Waals surface area contributed by atoms with E-state index in [2.05, 4.69) is 10.3 Å². The predicted octanol–water partition coefficient (Wildman–Crippen LogP) is 2.06. The number of rotatable bonds is 1. The highest BCUT2D eigenvalue weighted by molar-refractivity contribution is 6.19. The van der Waals surface area contributed by atoms with Gasteiger partial charge in [0.2, 0.25) is 5.91 Å². The van der Waals surface area contributed by atoms with E-state index in [1.165, 1.54) is 0 Å². The summed E-state index contributed by atoms with van der Waals surface area (Å²) in [5, 5.41) is 2.67. The third-order valence-electron chi connectivity index (χ3n) is 2.69. The smallest absolute Gasteiger partial charge is 0.246 e. The van der Waals surface area contributed by atoms with Crippen molar-refractivity contribution in [2.45, 2.75) is 0 Å². The summed E-state index contributed by atoms with van der Waals surface area (Å²) in [6.07, 6.45) is 0. The first-order valence-corrected chi connectivity index (χ1v) is 5.62. The lowest BCUT2D eigenvalue weighted by Gasteiger charge is -2.10. The van der Waals surface area contributed by atoms with Crippen LogP contribution in [0.15, 0.2) is 53.4 Å². The molecular formula is C15H13N3O. The quantitative estimate of drug-likeness (QED) is 0.767. The molecule has 0 aromatic heterocycles. The fourth-order valence-corrected chi connectivity index (χ4v) is 1.87. The molecule has 2 aromatic rings. The molecule has 1 amide bonds. The normalized spacial score (nSPS) is 17.8. The van der Waals surface area contributed by atoms with Crippen LogP contribution in [0.3, 0.4) is 0 Å². The summed E-state index contributed by atoms with van der Waals surface area (Å²) in [6.45, 7) is -0.216. The molecule has 0 aliphatic carbocycles. The van der Waals surface area contributed by atoms with Crippen LogP contribution in [0.1, 0.15) is 18.0 Å². The van der Waals surface area contributed by atoms with Crippen molar-refractivity contribution in [2.24, 2.45) is 4.99 Å². The van der Waals surface area contributed by atoms with Crippen molar-refractivity contribution in [3.8, 4) is 0 Å². The van der Waals surface area contributed by atoms with Gasteiger partial charge >= 0.3 is 0 Å². The van der Waals surface area contributed by atoms with Crippen molar-refractivity contribution in [1.29, 1.82) is 0 Å². The lowest BCUT2D eigenvalue weighted by atomic mass is 10.00. The highest BCUT2D eigenvalue weighted by Crippen LogP contribution is 2.24. The molecule has 1 aliphatic heterocycles. The largest absolute Gasteiger partial charge is 0.399 e. The summed E-state index contributed by atoms with van der Waals surface area (Å²) in [6, 6.07) is 2.61. The number of carbonyl (C=O) groups excluding carboxylic acids is 1. The second-order valence-electron chi connectivity index (χ2n) is 4.02. The zero-order valence-electron chi connectivity index (χ0n) is 14.9. The number of fused-ring (bicyclic) bond motifs is 1. The Labute approximate surface area is 118 Å². The van der Waals surface area contributed by atoms with Gasteiger partial charge in [0, 0.05) is 16.8 Å². The molecule has 0 atom stereocenters. The van der Waals surface area contributed by atoms with Crippen LogP contribution in [0.4, 0.5) is 11.4 Å². The molecule has 2 aromatic carbocycles. The van der Waals surface area contributed by atoms with Crippen LogP contribution in [0.25, 0.3) is 0 Å². The number of amides is 1. The van der Waals surface area contributed by atoms with Crippen LogP contribution < -0.4 is 11.1 Å². The van der Waals surface area contributed by atoms with Gasteiger partial charge in [-0.15, -0.1) is 0 Å². The number of anilines is 2. The van der Waals surface area contributed by atoms with Gasteiger partial charge in [0.1, 0.15) is 6.54 Å². The molecule has 3 N–H and O–H groups in total. The molecule has 1 heterocycles. The molecule has 4 nitrogen and oxygen atoms in total. The summed E-state index contributed by atoms with van der Waals surface area (Å²) in [7, 11) is 0. The van der Waals surface area contributed by atoms with Gasteiger partial charge < -0.3 is 11.1 Å². The molecular weight excluding hydrogens is 238 g/mol. The van der Waals surface area contributed by atoms with Gasteiger partial charge in [-0.05, 0) is 18.2 Å². The number of benzodiazepines with no additional fused rings is 1. The Kier molecular flexibility index (Phi) is 1.70. The van der Waals surface area contributed by atoms with Crippen LogP contribution >= 0.6 is 0 Å². The average molecular weight is 256 g/mol. The first kappa shape index (κ1) is 7.09. The highest BCUT2D eigenvalue weighted by Gasteiger charge is 2.17. The lowest BCUT2D eigenvalue weighted by molar-refractivity contribution is -0.114. The van der Waals surface area contributed by atoms with Crippen molar-refractivity contribution in [2.75, 3.05) is 17.6 Å². The predicted molar refractivity (Wildman–Crippen MR) is 76.4 cm³/mol. The summed E-state index contributed by atoms with van der Waals surface area (Å²) in [4.78, 5) is 16.0. The fourth-order valence-electron chi connectivity index (χ4n) is 1.87. The van der Waals surface area contributed by atoms with E-state index in [-0.39, 0.29) is 35.8 Å². The highest BCUT2D eigenvalue weighted by atomic mass is 16.1. The number of benzene rings is 2. The minimum Gasteiger partial charge on any atom is -0.399 e. The maximum absolute atomic E-state index is 11.8. The molecule has 0 saturated carbocycles. The Morgan fingerprint density at radius 3 is 2.84 bits per heavy atom. The maximum Gasteiger partial charge on any atom is 0.246 e. The number of hydrogen-bond acceptors (Lipinski definition) is 3. The number of hydrogen-bond donors (Lipinski definition) is 2. The van der Waals surface area contributed by atoms with Crippen LogP contribution in [0.2, 0.25) is 0 Å². The molecule has 0 unspecified atom stereocenters. The minimum atomic E-state index is -0.482. The summed E-state index contributed by atoms with van der Waals surface area (Å²) >= 11 is 0. The fraction of sp³-hybridized carbons (Fsp3) is 0.0667. The van der Waals surface area contributed by atoms with E-state index in [0.29, 0.717) is 16.9 Å². The molecule has 0 spiro atoms. The monoisotopic (exact) mass is 256 g/mol. The van der Waals surface area contributed by atoms with Gasteiger partial charge in [0.25, 0.3) is 0 Å². The zero-order chi connectivity index (χ0) is 17.6. The van der Waals surface area contributed by atoms with E-state index in [9.17, 15) is 4.79 Å². The van der Waals surface area contributed by atoms with Crippen LogP contribution in [-0.4, -0.2) is 18.2 Å². The van der Waals surface area contributed by atoms with Crippen LogP contribution in [-0.2, 0) is 4.79 Å². The molecule has 0 fully saturated rings. The Balaban J connectivity index is 2.35. The maximum atomic E-state index is 11.8. The van der Waals surface area contributed by atoms with Gasteiger partial charge in [-0.2, -0.15) is 0 Å². The Morgan fingerprint density at radius 1 is 1.26 bits per heavy atom. The topological polar surface area (TPSA) is 67.5 Å².